The smallest absolute Gasteiger partial charge is 0.407 e. The maximum Gasteiger partial charge on any atom is 0.407 e. The number of hydrogen-bond donors (Lipinski definition) is 3. The van der Waals surface area contributed by atoms with Crippen LogP contribution in [-0.4, -0.2) is 52.6 Å². The van der Waals surface area contributed by atoms with Crippen LogP contribution < -0.4 is 9.44 Å². The number of hydrogen-bond acceptors (Lipinski definition) is 5. The summed E-state index contributed by atoms with van der Waals surface area (Å²) >= 11 is 0. The average Bonchev–Trinajstić information content (AvgIpc) is 2.77. The van der Waals surface area contributed by atoms with Gasteiger partial charge in [-0.1, -0.05) is 39.0 Å². The number of piperidine rings is 1. The van der Waals surface area contributed by atoms with Crippen LogP contribution in [0.3, 0.4) is 0 Å². The number of carbonyl (C=O) groups is 1. The quantitative estimate of drug-likeness (QED) is 0.524. The van der Waals surface area contributed by atoms with E-state index in [1.165, 1.54) is 23.1 Å². The van der Waals surface area contributed by atoms with Gasteiger partial charge in [-0.25, -0.2) is 26.4 Å². The maximum atomic E-state index is 12.9. The zero-order valence-electron chi connectivity index (χ0n) is 19.5. The molecule has 1 saturated heterocycles. The molecule has 34 heavy (non-hydrogen) atoms. The molecule has 0 saturated carbocycles. The zero-order valence-corrected chi connectivity index (χ0v) is 21.1. The fourth-order valence-corrected chi connectivity index (χ4v) is 6.04. The maximum absolute atomic E-state index is 12.9. The fourth-order valence-electron chi connectivity index (χ4n) is 3.70. The first kappa shape index (κ1) is 26.0. The summed E-state index contributed by atoms with van der Waals surface area (Å²) < 4.78 is 56.3. The Morgan fingerprint density at radius 2 is 1.53 bits per heavy atom. The van der Waals surface area contributed by atoms with Gasteiger partial charge in [-0.15, -0.1) is 0 Å². The molecule has 3 N–H and O–H groups in total. The SMILES string of the molecule is CC(C)(C)c1ccc(NS(=O)(=O)c2cccc(S(=O)(=O)NCC3CCN(C(=O)O)CC3)c2)cc1. The molecule has 2 aromatic rings. The van der Waals surface area contributed by atoms with E-state index in [1.807, 2.05) is 12.1 Å². The first-order valence-corrected chi connectivity index (χ1v) is 14.0. The van der Waals surface area contributed by atoms with Gasteiger partial charge in [0.15, 0.2) is 0 Å². The van der Waals surface area contributed by atoms with E-state index in [1.54, 1.807) is 12.1 Å². The Balaban J connectivity index is 1.68. The summed E-state index contributed by atoms with van der Waals surface area (Å²) in [6, 6.07) is 12.2. The van der Waals surface area contributed by atoms with Crippen molar-refractivity contribution in [2.24, 2.45) is 5.92 Å². The molecule has 0 bridgehead atoms. The Kier molecular flexibility index (Phi) is 7.59. The molecule has 1 heterocycles. The lowest BCUT2D eigenvalue weighted by atomic mass is 9.87. The standard InChI is InChI=1S/C23H31N3O6S2/c1-23(2,3)18-7-9-19(10-8-18)25-34(31,32)21-6-4-5-20(15-21)33(29,30)24-16-17-11-13-26(14-12-17)22(27)28/h4-10,15,17,24-25H,11-14,16H2,1-3H3,(H,27,28). The number of sulfonamides is 2. The second-order valence-corrected chi connectivity index (χ2v) is 12.9. The van der Waals surface area contributed by atoms with Crippen LogP contribution >= 0.6 is 0 Å². The molecule has 0 atom stereocenters. The van der Waals surface area contributed by atoms with Crippen molar-refractivity contribution in [1.82, 2.24) is 9.62 Å². The lowest BCUT2D eigenvalue weighted by molar-refractivity contribution is 0.125. The number of rotatable bonds is 7. The van der Waals surface area contributed by atoms with Crippen molar-refractivity contribution in [2.45, 2.75) is 48.8 Å². The Morgan fingerprint density at radius 3 is 2.06 bits per heavy atom. The van der Waals surface area contributed by atoms with E-state index in [9.17, 15) is 21.6 Å². The number of anilines is 1. The second-order valence-electron chi connectivity index (χ2n) is 9.47. The van der Waals surface area contributed by atoms with Crippen LogP contribution in [0, 0.1) is 5.92 Å². The Hall–Kier alpha value is -2.63. The minimum atomic E-state index is -4.00. The van der Waals surface area contributed by atoms with Crippen molar-refractivity contribution < 1.29 is 26.7 Å². The van der Waals surface area contributed by atoms with Crippen molar-refractivity contribution in [2.75, 3.05) is 24.4 Å². The van der Waals surface area contributed by atoms with Crippen LogP contribution in [0.15, 0.2) is 58.3 Å². The third kappa shape index (κ3) is 6.49. The van der Waals surface area contributed by atoms with Gasteiger partial charge >= 0.3 is 6.09 Å². The van der Waals surface area contributed by atoms with Gasteiger partial charge in [-0.05, 0) is 60.1 Å². The molecule has 1 amide bonds. The van der Waals surface area contributed by atoms with Gasteiger partial charge in [0.1, 0.15) is 0 Å². The predicted molar refractivity (Wildman–Crippen MR) is 130 cm³/mol. The lowest BCUT2D eigenvalue weighted by Crippen LogP contribution is -2.40. The minimum Gasteiger partial charge on any atom is -0.465 e. The normalized spacial score (nSPS) is 15.8. The molecule has 11 heteroatoms. The summed E-state index contributed by atoms with van der Waals surface area (Å²) in [6.07, 6.45) is 0.137. The molecular weight excluding hydrogens is 478 g/mol. The van der Waals surface area contributed by atoms with E-state index in [-0.39, 0.29) is 27.7 Å². The molecule has 1 aliphatic rings. The molecule has 0 radical (unpaired) electrons. The van der Waals surface area contributed by atoms with E-state index in [0.717, 1.165) is 11.6 Å². The Bertz CT molecular complexity index is 1230. The van der Waals surface area contributed by atoms with Crippen LogP contribution in [0.5, 0.6) is 0 Å². The molecule has 186 valence electrons. The van der Waals surface area contributed by atoms with Gasteiger partial charge in [0.25, 0.3) is 10.0 Å². The number of carboxylic acid groups (broad SMARTS) is 1. The van der Waals surface area contributed by atoms with Crippen LogP contribution in [0.2, 0.25) is 0 Å². The average molecular weight is 510 g/mol. The highest BCUT2D eigenvalue weighted by molar-refractivity contribution is 7.93. The molecule has 0 aliphatic carbocycles. The van der Waals surface area contributed by atoms with Gasteiger partial charge in [-0.2, -0.15) is 0 Å². The van der Waals surface area contributed by atoms with E-state index in [2.05, 4.69) is 30.2 Å². The summed E-state index contributed by atoms with van der Waals surface area (Å²) in [5, 5.41) is 9.02. The number of benzene rings is 2. The van der Waals surface area contributed by atoms with E-state index in [4.69, 9.17) is 5.11 Å². The summed E-state index contributed by atoms with van der Waals surface area (Å²) in [5.41, 5.74) is 1.37. The third-order valence-corrected chi connectivity index (χ3v) is 8.68. The molecule has 3 rings (SSSR count). The van der Waals surface area contributed by atoms with E-state index >= 15 is 0 Å². The largest absolute Gasteiger partial charge is 0.465 e. The van der Waals surface area contributed by atoms with Crippen molar-refractivity contribution in [3.63, 3.8) is 0 Å². The van der Waals surface area contributed by atoms with Gasteiger partial charge in [0.2, 0.25) is 10.0 Å². The summed E-state index contributed by atoms with van der Waals surface area (Å²) in [5.74, 6) is 0.00928. The topological polar surface area (TPSA) is 133 Å². The van der Waals surface area contributed by atoms with E-state index < -0.39 is 26.1 Å². The molecule has 1 aliphatic heterocycles. The first-order valence-electron chi connectivity index (χ1n) is 11.0. The highest BCUT2D eigenvalue weighted by Gasteiger charge is 2.25. The number of nitrogens with one attached hydrogen (secondary N) is 2. The lowest BCUT2D eigenvalue weighted by Gasteiger charge is -2.29. The molecule has 2 aromatic carbocycles. The van der Waals surface area contributed by atoms with Gasteiger partial charge < -0.3 is 10.0 Å². The molecule has 0 spiro atoms. The summed E-state index contributed by atoms with van der Waals surface area (Å²) in [6.45, 7) is 7.06. The number of nitrogens with zero attached hydrogens (tertiary/aromatic N) is 1. The highest BCUT2D eigenvalue weighted by atomic mass is 32.2. The van der Waals surface area contributed by atoms with Crippen molar-refractivity contribution in [1.29, 1.82) is 0 Å². The van der Waals surface area contributed by atoms with Crippen molar-refractivity contribution in [3.05, 3.63) is 54.1 Å². The van der Waals surface area contributed by atoms with Crippen LogP contribution in [-0.2, 0) is 25.5 Å². The number of amides is 1. The molecular formula is C23H31N3O6S2. The highest BCUT2D eigenvalue weighted by Crippen LogP contribution is 2.25. The van der Waals surface area contributed by atoms with Gasteiger partial charge in [0, 0.05) is 25.3 Å². The third-order valence-electron chi connectivity index (χ3n) is 5.88. The van der Waals surface area contributed by atoms with Crippen molar-refractivity contribution >= 4 is 31.8 Å². The Morgan fingerprint density at radius 1 is 0.971 bits per heavy atom. The van der Waals surface area contributed by atoms with Crippen LogP contribution in [0.25, 0.3) is 0 Å². The van der Waals surface area contributed by atoms with Gasteiger partial charge in [-0.3, -0.25) is 4.72 Å². The minimum absolute atomic E-state index is 0.00928. The Labute approximate surface area is 201 Å². The first-order chi connectivity index (χ1) is 15.8. The predicted octanol–water partition coefficient (Wildman–Crippen LogP) is 3.45. The monoisotopic (exact) mass is 509 g/mol. The number of likely N-dealkylation sites (tertiary alicyclic amines) is 1. The molecule has 0 aromatic heterocycles. The molecule has 0 unspecified atom stereocenters. The fraction of sp³-hybridized carbons (Fsp3) is 0.435. The second kappa shape index (κ2) is 9.93. The van der Waals surface area contributed by atoms with Crippen LogP contribution in [0.4, 0.5) is 10.5 Å². The van der Waals surface area contributed by atoms with Crippen LogP contribution in [0.1, 0.15) is 39.2 Å². The molecule has 1 fully saturated rings. The van der Waals surface area contributed by atoms with E-state index in [0.29, 0.717) is 31.6 Å². The zero-order chi connectivity index (χ0) is 25.1. The summed E-state index contributed by atoms with van der Waals surface area (Å²) in [4.78, 5) is 12.0. The molecule has 9 nitrogen and oxygen atoms in total. The summed E-state index contributed by atoms with van der Waals surface area (Å²) in [7, 11) is -7.94. The van der Waals surface area contributed by atoms with Gasteiger partial charge in [0.05, 0.1) is 9.79 Å². The van der Waals surface area contributed by atoms with Crippen molar-refractivity contribution in [3.8, 4) is 0 Å².